The van der Waals surface area contributed by atoms with Crippen LogP contribution in [-0.4, -0.2) is 28.5 Å². The van der Waals surface area contributed by atoms with Crippen molar-refractivity contribution in [3.8, 4) is 5.75 Å². The zero-order valence-corrected chi connectivity index (χ0v) is 19.9. The van der Waals surface area contributed by atoms with Crippen LogP contribution in [0.2, 0.25) is 0 Å². The minimum absolute atomic E-state index is 0.0658. The molecule has 1 aliphatic heterocycles. The Kier molecular flexibility index (Phi) is 5.65. The van der Waals surface area contributed by atoms with Gasteiger partial charge in [0.1, 0.15) is 11.5 Å². The molecule has 1 aliphatic rings. The maximum absolute atomic E-state index is 13.4. The smallest absolute Gasteiger partial charge is 0.300 e. The first-order valence-electron chi connectivity index (χ1n) is 11.5. The molecule has 1 aromatic heterocycles. The van der Waals surface area contributed by atoms with Crippen LogP contribution in [-0.2, 0) is 23.1 Å². The predicted octanol–water partition coefficient (Wildman–Crippen LogP) is 5.38. The van der Waals surface area contributed by atoms with E-state index in [4.69, 9.17) is 4.74 Å². The molecule has 35 heavy (non-hydrogen) atoms. The minimum Gasteiger partial charge on any atom is -0.507 e. The highest BCUT2D eigenvalue weighted by Crippen LogP contribution is 2.44. The lowest BCUT2D eigenvalue weighted by molar-refractivity contribution is -0.132. The van der Waals surface area contributed by atoms with E-state index < -0.39 is 17.7 Å². The number of para-hydroxylation sites is 1. The average molecular weight is 467 g/mol. The summed E-state index contributed by atoms with van der Waals surface area (Å²) in [6, 6.07) is 21.5. The number of ether oxygens (including phenoxy) is 1. The first-order chi connectivity index (χ1) is 16.9. The van der Waals surface area contributed by atoms with E-state index in [0.29, 0.717) is 17.0 Å². The molecule has 2 heterocycles. The first kappa shape index (κ1) is 22.5. The molecule has 5 rings (SSSR count). The number of fused-ring (bicyclic) bond motifs is 1. The van der Waals surface area contributed by atoms with E-state index in [1.807, 2.05) is 66.3 Å². The molecule has 6 nitrogen and oxygen atoms in total. The van der Waals surface area contributed by atoms with Crippen LogP contribution in [0, 0.1) is 0 Å². The van der Waals surface area contributed by atoms with Crippen LogP contribution >= 0.6 is 0 Å². The van der Waals surface area contributed by atoms with Gasteiger partial charge in [-0.3, -0.25) is 14.5 Å². The molecule has 1 amide bonds. The maximum Gasteiger partial charge on any atom is 0.300 e. The fourth-order valence-corrected chi connectivity index (χ4v) is 4.78. The van der Waals surface area contributed by atoms with Gasteiger partial charge in [0.15, 0.2) is 0 Å². The van der Waals surface area contributed by atoms with Crippen molar-refractivity contribution in [2.75, 3.05) is 12.0 Å². The fraction of sp³-hybridized carbons (Fsp3) is 0.172. The first-order valence-corrected chi connectivity index (χ1v) is 11.5. The molecule has 3 aromatic carbocycles. The topological polar surface area (TPSA) is 71.8 Å². The summed E-state index contributed by atoms with van der Waals surface area (Å²) in [5.41, 5.74) is 3.99. The summed E-state index contributed by atoms with van der Waals surface area (Å²) in [5.74, 6) is -0.960. The quantitative estimate of drug-likeness (QED) is 0.244. The molecule has 1 atom stereocenters. The summed E-state index contributed by atoms with van der Waals surface area (Å²) >= 11 is 0. The van der Waals surface area contributed by atoms with Gasteiger partial charge in [-0.15, -0.1) is 0 Å². The van der Waals surface area contributed by atoms with Gasteiger partial charge in [0, 0.05) is 41.0 Å². The van der Waals surface area contributed by atoms with Gasteiger partial charge in [-0.1, -0.05) is 37.3 Å². The largest absolute Gasteiger partial charge is 0.507 e. The third kappa shape index (κ3) is 3.67. The van der Waals surface area contributed by atoms with Crippen LogP contribution < -0.4 is 9.64 Å². The number of hydrogen-bond acceptors (Lipinski definition) is 4. The molecule has 0 bridgehead atoms. The molecule has 4 aromatic rings. The van der Waals surface area contributed by atoms with Crippen molar-refractivity contribution in [2.45, 2.75) is 19.4 Å². The van der Waals surface area contributed by atoms with Gasteiger partial charge in [-0.25, -0.2) is 0 Å². The molecule has 1 saturated heterocycles. The summed E-state index contributed by atoms with van der Waals surface area (Å²) in [5, 5.41) is 12.3. The molecule has 1 unspecified atom stereocenters. The monoisotopic (exact) mass is 466 g/mol. The van der Waals surface area contributed by atoms with E-state index in [1.54, 1.807) is 31.4 Å². The molecular formula is C29H26N2O4. The SMILES string of the molecule is CCc1ccc(N2C(=O)C(=O)/C(=C(/O)c3ccc(OC)cc3)C2c2cn(C)c3ccccc23)cc1. The van der Waals surface area contributed by atoms with Crippen molar-refractivity contribution in [3.63, 3.8) is 0 Å². The Morgan fingerprint density at radius 3 is 2.31 bits per heavy atom. The van der Waals surface area contributed by atoms with E-state index in [0.717, 1.165) is 28.5 Å². The zero-order chi connectivity index (χ0) is 24.7. The van der Waals surface area contributed by atoms with E-state index in [1.165, 1.54) is 4.90 Å². The predicted molar refractivity (Wildman–Crippen MR) is 137 cm³/mol. The molecule has 1 fully saturated rings. The lowest BCUT2D eigenvalue weighted by Crippen LogP contribution is -2.29. The number of aliphatic hydroxyl groups excluding tert-OH is 1. The van der Waals surface area contributed by atoms with Crippen LogP contribution in [0.4, 0.5) is 5.69 Å². The highest BCUT2D eigenvalue weighted by Gasteiger charge is 2.47. The lowest BCUT2D eigenvalue weighted by atomic mass is 9.94. The Bertz CT molecular complexity index is 1460. The third-order valence-corrected chi connectivity index (χ3v) is 6.65. The summed E-state index contributed by atoms with van der Waals surface area (Å²) in [6.45, 7) is 2.06. The molecule has 0 saturated carbocycles. The average Bonchev–Trinajstić information content (AvgIpc) is 3.37. The normalized spacial score (nSPS) is 17.3. The molecule has 0 aliphatic carbocycles. The van der Waals surface area contributed by atoms with Crippen molar-refractivity contribution in [1.29, 1.82) is 0 Å². The summed E-state index contributed by atoms with van der Waals surface area (Å²) < 4.78 is 7.19. The van der Waals surface area contributed by atoms with Gasteiger partial charge in [0.25, 0.3) is 11.7 Å². The maximum atomic E-state index is 13.4. The van der Waals surface area contributed by atoms with Crippen molar-refractivity contribution >= 4 is 34.0 Å². The highest BCUT2D eigenvalue weighted by molar-refractivity contribution is 6.51. The molecule has 176 valence electrons. The van der Waals surface area contributed by atoms with Crippen molar-refractivity contribution in [1.82, 2.24) is 4.57 Å². The number of aryl methyl sites for hydroxylation is 2. The standard InChI is InChI=1S/C29H26N2O4/c1-4-18-9-13-20(14-10-18)31-26(23-17-30(2)24-8-6-5-7-22(23)24)25(28(33)29(31)34)27(32)19-11-15-21(35-3)16-12-19/h5-17,26,32H,4H2,1-3H3/b27-25+. The number of rotatable bonds is 5. The molecule has 1 N–H and O–H groups in total. The van der Waals surface area contributed by atoms with Crippen LogP contribution in [0.3, 0.4) is 0 Å². The number of carbonyl (C=O) groups excluding carboxylic acids is 2. The Morgan fingerprint density at radius 1 is 0.971 bits per heavy atom. The Morgan fingerprint density at radius 2 is 1.66 bits per heavy atom. The van der Waals surface area contributed by atoms with Gasteiger partial charge < -0.3 is 14.4 Å². The summed E-state index contributed by atoms with van der Waals surface area (Å²) in [7, 11) is 3.49. The highest BCUT2D eigenvalue weighted by atomic mass is 16.5. The Balaban J connectivity index is 1.76. The van der Waals surface area contributed by atoms with Gasteiger partial charge in [-0.2, -0.15) is 0 Å². The van der Waals surface area contributed by atoms with Crippen molar-refractivity contribution in [2.24, 2.45) is 7.05 Å². The van der Waals surface area contributed by atoms with Crippen LogP contribution in [0.15, 0.2) is 84.6 Å². The van der Waals surface area contributed by atoms with Gasteiger partial charge in [0.05, 0.1) is 18.7 Å². The second-order valence-corrected chi connectivity index (χ2v) is 8.63. The second kappa shape index (κ2) is 8.80. The Hall–Kier alpha value is -4.32. The molecule has 0 spiro atoms. The number of hydrogen-bond donors (Lipinski definition) is 1. The molecule has 6 heteroatoms. The van der Waals surface area contributed by atoms with Gasteiger partial charge >= 0.3 is 0 Å². The van der Waals surface area contributed by atoms with Gasteiger partial charge in [-0.05, 0) is 54.4 Å². The zero-order valence-electron chi connectivity index (χ0n) is 19.9. The second-order valence-electron chi connectivity index (χ2n) is 8.63. The van der Waals surface area contributed by atoms with E-state index in [9.17, 15) is 14.7 Å². The molecular weight excluding hydrogens is 440 g/mol. The Labute approximate surface area is 203 Å². The van der Waals surface area contributed by atoms with Crippen LogP contribution in [0.5, 0.6) is 5.75 Å². The number of carbonyl (C=O) groups is 2. The fourth-order valence-electron chi connectivity index (χ4n) is 4.78. The summed E-state index contributed by atoms with van der Waals surface area (Å²) in [6.07, 6.45) is 2.79. The van der Waals surface area contributed by atoms with Crippen molar-refractivity contribution < 1.29 is 19.4 Å². The number of anilines is 1. The number of nitrogens with zero attached hydrogens (tertiary/aromatic N) is 2. The third-order valence-electron chi connectivity index (χ3n) is 6.65. The number of aliphatic hydroxyl groups is 1. The van der Waals surface area contributed by atoms with E-state index in [2.05, 4.69) is 6.92 Å². The molecule has 0 radical (unpaired) electrons. The van der Waals surface area contributed by atoms with Gasteiger partial charge in [0.2, 0.25) is 0 Å². The van der Waals surface area contributed by atoms with Crippen LogP contribution in [0.25, 0.3) is 16.7 Å². The number of aromatic nitrogens is 1. The number of benzene rings is 3. The van der Waals surface area contributed by atoms with E-state index in [-0.39, 0.29) is 11.3 Å². The summed E-state index contributed by atoms with van der Waals surface area (Å²) in [4.78, 5) is 28.4. The van der Waals surface area contributed by atoms with Crippen LogP contribution in [0.1, 0.15) is 29.7 Å². The number of amides is 1. The number of Topliss-reactive ketones (excluding diaryl/α,β-unsaturated/α-hetero) is 1. The number of methoxy groups -OCH3 is 1. The van der Waals surface area contributed by atoms with Crippen molar-refractivity contribution in [3.05, 3.63) is 101 Å². The van der Waals surface area contributed by atoms with E-state index >= 15 is 0 Å². The minimum atomic E-state index is -0.782. The lowest BCUT2D eigenvalue weighted by Gasteiger charge is -2.25. The number of ketones is 1.